The number of aryl methyl sites for hydroxylation is 1. The lowest BCUT2D eigenvalue weighted by molar-refractivity contribution is -0.137. The van der Waals surface area contributed by atoms with Gasteiger partial charge in [-0.2, -0.15) is 13.2 Å². The van der Waals surface area contributed by atoms with Gasteiger partial charge in [0.05, 0.1) is 28.5 Å². The predicted octanol–water partition coefficient (Wildman–Crippen LogP) is 4.70. The fourth-order valence-corrected chi connectivity index (χ4v) is 3.80. The van der Waals surface area contributed by atoms with E-state index in [0.29, 0.717) is 40.8 Å². The number of hydrogen-bond donors (Lipinski definition) is 1. The van der Waals surface area contributed by atoms with E-state index in [9.17, 15) is 22.8 Å². The molecule has 1 aliphatic heterocycles. The number of urea groups is 1. The van der Waals surface area contributed by atoms with Crippen molar-refractivity contribution in [3.05, 3.63) is 66.4 Å². The van der Waals surface area contributed by atoms with Crippen LogP contribution in [0.15, 0.2) is 55.2 Å². The summed E-state index contributed by atoms with van der Waals surface area (Å²) in [5.74, 6) is 0.249. The number of rotatable bonds is 5. The van der Waals surface area contributed by atoms with E-state index in [4.69, 9.17) is 4.74 Å². The SMILES string of the molecule is CCc1cc(N2C(=O)CN(c3cncc(C(F)(F)F)c3)C2=O)ccc1Oc1ncnc2[nH]ccc12. The van der Waals surface area contributed by atoms with Crippen molar-refractivity contribution in [3.63, 3.8) is 0 Å². The highest BCUT2D eigenvalue weighted by Gasteiger charge is 2.39. The molecule has 1 fully saturated rings. The second-order valence-corrected chi connectivity index (χ2v) is 7.69. The Morgan fingerprint density at radius 3 is 2.69 bits per heavy atom. The third-order valence-electron chi connectivity index (χ3n) is 5.53. The van der Waals surface area contributed by atoms with Crippen LogP contribution in [0.1, 0.15) is 18.1 Å². The highest BCUT2D eigenvalue weighted by atomic mass is 19.4. The highest BCUT2D eigenvalue weighted by Crippen LogP contribution is 2.35. The van der Waals surface area contributed by atoms with Crippen molar-refractivity contribution >= 4 is 34.3 Å². The molecular formula is C23H17F3N6O3. The zero-order chi connectivity index (χ0) is 24.7. The van der Waals surface area contributed by atoms with Gasteiger partial charge in [0.15, 0.2) is 0 Å². The Hall–Kier alpha value is -4.48. The summed E-state index contributed by atoms with van der Waals surface area (Å²) in [6.45, 7) is 1.47. The Bertz CT molecular complexity index is 1450. The molecule has 1 aliphatic rings. The van der Waals surface area contributed by atoms with Crippen LogP contribution in [-0.4, -0.2) is 38.4 Å². The lowest BCUT2D eigenvalue weighted by Crippen LogP contribution is -2.33. The van der Waals surface area contributed by atoms with Crippen LogP contribution in [0.25, 0.3) is 11.0 Å². The van der Waals surface area contributed by atoms with Crippen molar-refractivity contribution < 1.29 is 27.5 Å². The number of carbonyl (C=O) groups excluding carboxylic acids is 2. The first-order chi connectivity index (χ1) is 16.8. The molecule has 35 heavy (non-hydrogen) atoms. The Kier molecular flexibility index (Phi) is 5.35. The van der Waals surface area contributed by atoms with Crippen molar-refractivity contribution in [3.8, 4) is 11.6 Å². The summed E-state index contributed by atoms with van der Waals surface area (Å²) in [6.07, 6.45) is 0.745. The normalized spacial score (nSPS) is 14.3. The summed E-state index contributed by atoms with van der Waals surface area (Å²) >= 11 is 0. The largest absolute Gasteiger partial charge is 0.438 e. The number of amides is 3. The molecule has 0 saturated carbocycles. The quantitative estimate of drug-likeness (QED) is 0.414. The monoisotopic (exact) mass is 482 g/mol. The third-order valence-corrected chi connectivity index (χ3v) is 5.53. The first kappa shape index (κ1) is 22.3. The smallest absolute Gasteiger partial charge is 0.417 e. The fraction of sp³-hybridized carbons (Fsp3) is 0.174. The maximum absolute atomic E-state index is 13.1. The highest BCUT2D eigenvalue weighted by molar-refractivity contribution is 6.27. The molecule has 0 spiro atoms. The minimum absolute atomic E-state index is 0.115. The number of benzene rings is 1. The summed E-state index contributed by atoms with van der Waals surface area (Å²) < 4.78 is 45.2. The Morgan fingerprint density at radius 2 is 1.91 bits per heavy atom. The maximum Gasteiger partial charge on any atom is 0.417 e. The van der Waals surface area contributed by atoms with E-state index in [1.54, 1.807) is 24.4 Å². The van der Waals surface area contributed by atoms with Crippen LogP contribution in [0.2, 0.25) is 0 Å². The van der Waals surface area contributed by atoms with Gasteiger partial charge in [-0.1, -0.05) is 6.92 Å². The second-order valence-electron chi connectivity index (χ2n) is 7.69. The van der Waals surface area contributed by atoms with Crippen LogP contribution < -0.4 is 14.5 Å². The molecule has 4 heterocycles. The van der Waals surface area contributed by atoms with E-state index in [1.807, 2.05) is 6.92 Å². The van der Waals surface area contributed by atoms with Crippen molar-refractivity contribution in [2.75, 3.05) is 16.3 Å². The van der Waals surface area contributed by atoms with E-state index in [-0.39, 0.29) is 11.4 Å². The molecule has 1 aromatic carbocycles. The standard InChI is InChI=1S/C23H17F3N6O3/c1-2-13-7-15(3-4-18(13)35-21-17-5-6-28-20(17)29-12-30-21)32-19(33)11-31(22(32)34)16-8-14(9-27-10-16)23(24,25)26/h3-10,12H,2,11H2,1H3,(H,28,29,30). The average molecular weight is 482 g/mol. The van der Waals surface area contributed by atoms with Gasteiger partial charge in [-0.3, -0.25) is 14.7 Å². The Labute approximate surface area is 196 Å². The molecule has 12 heteroatoms. The van der Waals surface area contributed by atoms with Gasteiger partial charge < -0.3 is 9.72 Å². The number of nitrogens with one attached hydrogen (secondary N) is 1. The van der Waals surface area contributed by atoms with Crippen LogP contribution in [0, 0.1) is 0 Å². The van der Waals surface area contributed by atoms with Crippen LogP contribution in [-0.2, 0) is 17.4 Å². The molecule has 1 saturated heterocycles. The van der Waals surface area contributed by atoms with E-state index < -0.39 is 30.2 Å². The topological polar surface area (TPSA) is 104 Å². The average Bonchev–Trinajstić information content (AvgIpc) is 3.43. The minimum atomic E-state index is -4.63. The molecule has 3 amide bonds. The van der Waals surface area contributed by atoms with Gasteiger partial charge >= 0.3 is 12.2 Å². The number of hydrogen-bond acceptors (Lipinski definition) is 6. The van der Waals surface area contributed by atoms with Gasteiger partial charge in [-0.25, -0.2) is 19.7 Å². The number of carbonyl (C=O) groups is 2. The van der Waals surface area contributed by atoms with E-state index >= 15 is 0 Å². The molecular weight excluding hydrogens is 465 g/mol. The van der Waals surface area contributed by atoms with Gasteiger partial charge in [0.2, 0.25) is 5.88 Å². The molecule has 0 bridgehead atoms. The zero-order valence-corrected chi connectivity index (χ0v) is 18.2. The third kappa shape index (κ3) is 4.03. The molecule has 5 rings (SSSR count). The van der Waals surface area contributed by atoms with Gasteiger partial charge in [0, 0.05) is 12.4 Å². The molecule has 0 aliphatic carbocycles. The molecule has 9 nitrogen and oxygen atoms in total. The first-order valence-corrected chi connectivity index (χ1v) is 10.5. The first-order valence-electron chi connectivity index (χ1n) is 10.5. The number of nitrogens with zero attached hydrogens (tertiary/aromatic N) is 5. The summed E-state index contributed by atoms with van der Waals surface area (Å²) in [4.78, 5) is 42.5. The molecule has 4 aromatic rings. The predicted molar refractivity (Wildman–Crippen MR) is 119 cm³/mol. The molecule has 0 atom stereocenters. The number of alkyl halides is 3. The Morgan fingerprint density at radius 1 is 1.09 bits per heavy atom. The molecule has 178 valence electrons. The maximum atomic E-state index is 13.1. The summed E-state index contributed by atoms with van der Waals surface area (Å²) in [5, 5.41) is 0.689. The molecule has 3 aromatic heterocycles. The van der Waals surface area contributed by atoms with Gasteiger partial charge in [-0.05, 0) is 42.3 Å². The van der Waals surface area contributed by atoms with Crippen LogP contribution in [0.5, 0.6) is 11.6 Å². The fourth-order valence-electron chi connectivity index (χ4n) is 3.80. The van der Waals surface area contributed by atoms with Crippen molar-refractivity contribution in [1.82, 2.24) is 19.9 Å². The number of imide groups is 1. The number of halogens is 3. The molecule has 0 unspecified atom stereocenters. The number of fused-ring (bicyclic) bond motifs is 1. The van der Waals surface area contributed by atoms with Crippen LogP contribution in [0.4, 0.5) is 29.3 Å². The van der Waals surface area contributed by atoms with Crippen LogP contribution in [0.3, 0.4) is 0 Å². The number of anilines is 2. The van der Waals surface area contributed by atoms with Crippen molar-refractivity contribution in [2.24, 2.45) is 0 Å². The zero-order valence-electron chi connectivity index (χ0n) is 18.2. The number of H-pyrrole nitrogens is 1. The number of ether oxygens (including phenoxy) is 1. The minimum Gasteiger partial charge on any atom is -0.438 e. The summed E-state index contributed by atoms with van der Waals surface area (Å²) in [5.41, 5.74) is 0.466. The van der Waals surface area contributed by atoms with Crippen molar-refractivity contribution in [2.45, 2.75) is 19.5 Å². The van der Waals surface area contributed by atoms with E-state index in [2.05, 4.69) is 19.9 Å². The van der Waals surface area contributed by atoms with Gasteiger partial charge in [-0.15, -0.1) is 0 Å². The van der Waals surface area contributed by atoms with Gasteiger partial charge in [0.1, 0.15) is 24.3 Å². The summed E-state index contributed by atoms with van der Waals surface area (Å²) in [6, 6.07) is 6.59. The number of aromatic nitrogens is 4. The number of aromatic amines is 1. The molecule has 1 N–H and O–H groups in total. The van der Waals surface area contributed by atoms with E-state index in [0.717, 1.165) is 22.1 Å². The Balaban J connectivity index is 1.44. The number of pyridine rings is 1. The van der Waals surface area contributed by atoms with Crippen LogP contribution >= 0.6 is 0 Å². The molecule has 0 radical (unpaired) electrons. The van der Waals surface area contributed by atoms with E-state index in [1.165, 1.54) is 12.4 Å². The summed E-state index contributed by atoms with van der Waals surface area (Å²) in [7, 11) is 0. The lowest BCUT2D eigenvalue weighted by Gasteiger charge is -2.19. The second kappa shape index (κ2) is 8.38. The van der Waals surface area contributed by atoms with Gasteiger partial charge in [0.25, 0.3) is 5.91 Å². The lowest BCUT2D eigenvalue weighted by atomic mass is 10.1. The van der Waals surface area contributed by atoms with Crippen molar-refractivity contribution in [1.29, 1.82) is 0 Å².